The minimum Gasteiger partial charge on any atom is -0.352 e. The number of carbonyl (C=O) groups excluding carboxylic acids is 2. The Morgan fingerprint density at radius 3 is 2.22 bits per heavy atom. The summed E-state index contributed by atoms with van der Waals surface area (Å²) >= 11 is 6.16. The van der Waals surface area contributed by atoms with Crippen LogP contribution in [0.3, 0.4) is 0 Å². The lowest BCUT2D eigenvalue weighted by atomic mass is 10.1. The molecule has 1 N–H and O–H groups in total. The first-order chi connectivity index (χ1) is 17.5. The van der Waals surface area contributed by atoms with E-state index in [-0.39, 0.29) is 23.4 Å². The van der Waals surface area contributed by atoms with E-state index in [4.69, 9.17) is 11.6 Å². The van der Waals surface area contributed by atoms with Crippen molar-refractivity contribution in [1.29, 1.82) is 0 Å². The third kappa shape index (κ3) is 7.33. The van der Waals surface area contributed by atoms with E-state index in [1.807, 2.05) is 26.8 Å². The molecule has 0 aromatic heterocycles. The molecule has 1 atom stereocenters. The minimum atomic E-state index is -4.08. The maximum Gasteiger partial charge on any atom is 0.264 e. The molecule has 3 rings (SSSR count). The molecule has 0 spiro atoms. The lowest BCUT2D eigenvalue weighted by Crippen LogP contribution is -2.52. The van der Waals surface area contributed by atoms with Crippen molar-refractivity contribution < 1.29 is 18.0 Å². The highest BCUT2D eigenvalue weighted by molar-refractivity contribution is 7.92. The second-order valence-electron chi connectivity index (χ2n) is 9.15. The number of nitrogens with zero attached hydrogens (tertiary/aromatic N) is 2. The molecule has 0 aliphatic heterocycles. The number of carbonyl (C=O) groups is 2. The number of anilines is 1. The van der Waals surface area contributed by atoms with E-state index in [2.05, 4.69) is 5.32 Å². The summed E-state index contributed by atoms with van der Waals surface area (Å²) in [6.07, 6.45) is 0. The molecule has 0 aliphatic carbocycles. The van der Waals surface area contributed by atoms with Gasteiger partial charge in [0.05, 0.1) is 10.6 Å². The molecule has 0 fully saturated rings. The molecule has 7 nitrogen and oxygen atoms in total. The Hall–Kier alpha value is -3.36. The van der Waals surface area contributed by atoms with Crippen LogP contribution in [0.15, 0.2) is 83.8 Å². The zero-order chi connectivity index (χ0) is 27.2. The zero-order valence-corrected chi connectivity index (χ0v) is 23.0. The van der Waals surface area contributed by atoms with Gasteiger partial charge in [-0.25, -0.2) is 8.42 Å². The third-order valence-electron chi connectivity index (χ3n) is 5.74. The summed E-state index contributed by atoms with van der Waals surface area (Å²) in [6.45, 7) is 6.74. The van der Waals surface area contributed by atoms with Crippen LogP contribution in [-0.2, 0) is 26.2 Å². The number of sulfonamides is 1. The van der Waals surface area contributed by atoms with E-state index in [9.17, 15) is 18.0 Å². The predicted octanol–water partition coefficient (Wildman–Crippen LogP) is 4.79. The van der Waals surface area contributed by atoms with Gasteiger partial charge in [-0.15, -0.1) is 0 Å². The van der Waals surface area contributed by atoms with Crippen molar-refractivity contribution in [3.63, 3.8) is 0 Å². The molecule has 0 saturated carbocycles. The fourth-order valence-corrected chi connectivity index (χ4v) is 5.49. The maximum absolute atomic E-state index is 13.8. The summed E-state index contributed by atoms with van der Waals surface area (Å²) in [6, 6.07) is 20.9. The lowest BCUT2D eigenvalue weighted by Gasteiger charge is -2.32. The van der Waals surface area contributed by atoms with Crippen molar-refractivity contribution in [2.45, 2.75) is 51.2 Å². The normalized spacial score (nSPS) is 12.2. The van der Waals surface area contributed by atoms with Crippen molar-refractivity contribution in [2.24, 2.45) is 0 Å². The predicted molar refractivity (Wildman–Crippen MR) is 147 cm³/mol. The summed E-state index contributed by atoms with van der Waals surface area (Å²) in [7, 11) is -4.08. The van der Waals surface area contributed by atoms with Gasteiger partial charge in [-0.05, 0) is 75.2 Å². The van der Waals surface area contributed by atoms with Gasteiger partial charge in [0.1, 0.15) is 12.6 Å². The zero-order valence-electron chi connectivity index (χ0n) is 21.4. The van der Waals surface area contributed by atoms with Gasteiger partial charge in [0.15, 0.2) is 0 Å². The summed E-state index contributed by atoms with van der Waals surface area (Å²) in [5, 5.41) is 3.33. The molecule has 9 heteroatoms. The van der Waals surface area contributed by atoms with Crippen LogP contribution >= 0.6 is 11.6 Å². The van der Waals surface area contributed by atoms with E-state index >= 15 is 0 Å². The van der Waals surface area contributed by atoms with Crippen LogP contribution in [0.1, 0.15) is 31.9 Å². The first-order valence-electron chi connectivity index (χ1n) is 12.0. The molecule has 3 aromatic rings. The third-order valence-corrected chi connectivity index (χ3v) is 7.76. The topological polar surface area (TPSA) is 86.8 Å². The Labute approximate surface area is 224 Å². The van der Waals surface area contributed by atoms with E-state index in [0.29, 0.717) is 10.7 Å². The van der Waals surface area contributed by atoms with Gasteiger partial charge in [0.25, 0.3) is 10.0 Å². The highest BCUT2D eigenvalue weighted by Crippen LogP contribution is 2.25. The van der Waals surface area contributed by atoms with Crippen LogP contribution in [0.5, 0.6) is 0 Å². The number of aryl methyl sites for hydroxylation is 1. The second kappa shape index (κ2) is 12.3. The molecule has 0 bridgehead atoms. The molecule has 0 unspecified atom stereocenters. The van der Waals surface area contributed by atoms with Crippen molar-refractivity contribution in [3.05, 3.63) is 95.0 Å². The van der Waals surface area contributed by atoms with Crippen molar-refractivity contribution >= 4 is 39.1 Å². The van der Waals surface area contributed by atoms with Gasteiger partial charge >= 0.3 is 0 Å². The van der Waals surface area contributed by atoms with E-state index < -0.39 is 28.5 Å². The molecular weight excluding hydrogens is 510 g/mol. The Morgan fingerprint density at radius 1 is 0.919 bits per heavy atom. The van der Waals surface area contributed by atoms with E-state index in [1.54, 1.807) is 67.6 Å². The summed E-state index contributed by atoms with van der Waals surface area (Å²) < 4.78 is 28.5. The average molecular weight is 542 g/mol. The van der Waals surface area contributed by atoms with Gasteiger partial charge in [0.2, 0.25) is 11.8 Å². The molecule has 0 aliphatic rings. The summed E-state index contributed by atoms with van der Waals surface area (Å²) in [4.78, 5) is 28.2. The number of nitrogens with one attached hydrogen (secondary N) is 1. The molecular formula is C28H32ClN3O4S. The molecule has 0 saturated heterocycles. The molecule has 37 heavy (non-hydrogen) atoms. The first kappa shape index (κ1) is 28.2. The molecule has 3 aromatic carbocycles. The van der Waals surface area contributed by atoms with Crippen LogP contribution < -0.4 is 9.62 Å². The van der Waals surface area contributed by atoms with Crippen molar-refractivity contribution in [1.82, 2.24) is 10.2 Å². The summed E-state index contributed by atoms with van der Waals surface area (Å²) in [5.41, 5.74) is 1.93. The van der Waals surface area contributed by atoms with Gasteiger partial charge in [0, 0.05) is 17.6 Å². The largest absolute Gasteiger partial charge is 0.352 e. The Morgan fingerprint density at radius 2 is 1.59 bits per heavy atom. The minimum absolute atomic E-state index is 0.0660. The van der Waals surface area contributed by atoms with E-state index in [1.165, 1.54) is 17.0 Å². The lowest BCUT2D eigenvalue weighted by molar-refractivity contribution is -0.139. The first-order valence-corrected chi connectivity index (χ1v) is 13.8. The molecule has 0 heterocycles. The fraction of sp³-hybridized carbons (Fsp3) is 0.286. The Bertz CT molecular complexity index is 1350. The highest BCUT2D eigenvalue weighted by Gasteiger charge is 2.32. The Balaban J connectivity index is 2.02. The maximum atomic E-state index is 13.8. The fourth-order valence-electron chi connectivity index (χ4n) is 3.85. The number of hydrogen-bond donors (Lipinski definition) is 1. The second-order valence-corrected chi connectivity index (χ2v) is 11.5. The highest BCUT2D eigenvalue weighted by atomic mass is 35.5. The molecule has 0 radical (unpaired) electrons. The number of halogens is 1. The van der Waals surface area contributed by atoms with Crippen LogP contribution in [0.4, 0.5) is 5.69 Å². The van der Waals surface area contributed by atoms with Gasteiger partial charge < -0.3 is 10.2 Å². The number of amides is 2. The van der Waals surface area contributed by atoms with Gasteiger partial charge in [-0.3, -0.25) is 13.9 Å². The number of benzene rings is 3. The summed E-state index contributed by atoms with van der Waals surface area (Å²) in [5.74, 6) is -0.856. The smallest absolute Gasteiger partial charge is 0.264 e. The average Bonchev–Trinajstić information content (AvgIpc) is 2.85. The van der Waals surface area contributed by atoms with Crippen molar-refractivity contribution in [3.8, 4) is 0 Å². The SMILES string of the molecule is Cc1cccc(N(CC(=O)N(Cc2cccc(Cl)c2)[C@H](C)C(=O)NC(C)C)S(=O)(=O)c2ccccc2)c1. The van der Waals surface area contributed by atoms with Crippen LogP contribution in [0, 0.1) is 6.92 Å². The monoisotopic (exact) mass is 541 g/mol. The van der Waals surface area contributed by atoms with E-state index in [0.717, 1.165) is 15.4 Å². The quantitative estimate of drug-likeness (QED) is 0.400. The standard InChI is InChI=1S/C28H32ClN3O4S/c1-20(2)30-28(34)22(4)31(18-23-11-9-12-24(29)17-23)27(33)19-32(25-13-8-10-21(3)16-25)37(35,36)26-14-6-5-7-15-26/h5-17,20,22H,18-19H2,1-4H3,(H,30,34)/t22-/m1/s1. The molecule has 2 amide bonds. The van der Waals surface area contributed by atoms with Gasteiger partial charge in [-0.2, -0.15) is 0 Å². The number of hydrogen-bond acceptors (Lipinski definition) is 4. The number of rotatable bonds is 10. The Kier molecular flexibility index (Phi) is 9.34. The van der Waals surface area contributed by atoms with Gasteiger partial charge in [-0.1, -0.05) is 54.1 Å². The van der Waals surface area contributed by atoms with Crippen molar-refractivity contribution in [2.75, 3.05) is 10.8 Å². The molecule has 196 valence electrons. The van der Waals surface area contributed by atoms with Crippen LogP contribution in [-0.4, -0.2) is 43.8 Å². The van der Waals surface area contributed by atoms with Crippen LogP contribution in [0.25, 0.3) is 0 Å². The van der Waals surface area contributed by atoms with Crippen LogP contribution in [0.2, 0.25) is 5.02 Å².